The lowest BCUT2D eigenvalue weighted by Gasteiger charge is -2.31. The van der Waals surface area contributed by atoms with Crippen molar-refractivity contribution < 1.29 is 30.8 Å². The molecule has 3 rings (SSSR count). The molecule has 1 heterocycles. The zero-order chi connectivity index (χ0) is 21.9. The van der Waals surface area contributed by atoms with Gasteiger partial charge in [0.15, 0.2) is 0 Å². The molecule has 1 aliphatic heterocycles. The maximum absolute atomic E-state index is 13.2. The Hall–Kier alpha value is -2.46. The highest BCUT2D eigenvalue weighted by molar-refractivity contribution is 7.89. The third kappa shape index (κ3) is 4.99. The van der Waals surface area contributed by atoms with Gasteiger partial charge in [-0.1, -0.05) is 24.3 Å². The minimum Gasteiger partial charge on any atom is -0.352 e. The number of benzene rings is 2. The van der Waals surface area contributed by atoms with Gasteiger partial charge in [-0.3, -0.25) is 4.79 Å². The van der Waals surface area contributed by atoms with Gasteiger partial charge in [-0.05, 0) is 42.7 Å². The monoisotopic (exact) mass is 444 g/mol. The normalized spacial score (nSPS) is 16.4. The number of rotatable bonds is 5. The Morgan fingerprint density at radius 3 is 2.23 bits per heavy atom. The van der Waals surface area contributed by atoms with E-state index in [2.05, 4.69) is 5.32 Å². The van der Waals surface area contributed by atoms with Gasteiger partial charge in [0.05, 0.1) is 10.5 Å². The molecule has 0 saturated carbocycles. The smallest absolute Gasteiger partial charge is 0.352 e. The summed E-state index contributed by atoms with van der Waals surface area (Å²) >= 11 is 0. The van der Waals surface area contributed by atoms with Crippen molar-refractivity contribution in [1.29, 1.82) is 0 Å². The van der Waals surface area contributed by atoms with E-state index in [1.165, 1.54) is 18.2 Å². The molecular weight excluding hydrogens is 424 g/mol. The molecule has 0 aromatic heterocycles. The molecule has 5 nitrogen and oxygen atoms in total. The van der Waals surface area contributed by atoms with Crippen molar-refractivity contribution in [2.75, 3.05) is 13.1 Å². The second-order valence-electron chi connectivity index (χ2n) is 7.02. The summed E-state index contributed by atoms with van der Waals surface area (Å²) in [5, 5.41) is 2.72. The number of halogens is 4. The van der Waals surface area contributed by atoms with Crippen LogP contribution in [0.2, 0.25) is 0 Å². The van der Waals surface area contributed by atoms with Gasteiger partial charge in [-0.25, -0.2) is 12.8 Å². The van der Waals surface area contributed by atoms with Crippen LogP contribution in [-0.2, 0) is 27.5 Å². The van der Waals surface area contributed by atoms with E-state index < -0.39 is 32.6 Å². The van der Waals surface area contributed by atoms with Gasteiger partial charge in [0, 0.05) is 25.6 Å². The van der Waals surface area contributed by atoms with Crippen molar-refractivity contribution >= 4 is 15.9 Å². The van der Waals surface area contributed by atoms with Crippen molar-refractivity contribution in [3.8, 4) is 0 Å². The summed E-state index contributed by atoms with van der Waals surface area (Å²) in [5.74, 6) is -1.10. The van der Waals surface area contributed by atoms with E-state index in [-0.39, 0.29) is 44.2 Å². The Labute approximate surface area is 171 Å². The van der Waals surface area contributed by atoms with E-state index in [4.69, 9.17) is 0 Å². The van der Waals surface area contributed by atoms with Gasteiger partial charge in [0.1, 0.15) is 5.82 Å². The zero-order valence-corrected chi connectivity index (χ0v) is 16.6. The number of piperidine rings is 1. The van der Waals surface area contributed by atoms with Crippen LogP contribution in [0.4, 0.5) is 17.6 Å². The summed E-state index contributed by atoms with van der Waals surface area (Å²) in [5.41, 5.74) is -0.488. The fourth-order valence-corrected chi connectivity index (χ4v) is 5.04. The van der Waals surface area contributed by atoms with Crippen molar-refractivity contribution in [3.63, 3.8) is 0 Å². The highest BCUT2D eigenvalue weighted by atomic mass is 32.2. The van der Waals surface area contributed by atoms with Crippen molar-refractivity contribution in [1.82, 2.24) is 9.62 Å². The van der Waals surface area contributed by atoms with Crippen LogP contribution in [0, 0.1) is 11.7 Å². The SMILES string of the molecule is O=C(NCc1ccc(F)cc1)C1CCN(S(=O)(=O)c2ccccc2C(F)(F)F)CC1. The molecule has 2 aromatic carbocycles. The van der Waals surface area contributed by atoms with Gasteiger partial charge >= 0.3 is 6.18 Å². The molecule has 2 aromatic rings. The van der Waals surface area contributed by atoms with Crippen LogP contribution in [0.15, 0.2) is 53.4 Å². The molecular formula is C20H20F4N2O3S. The summed E-state index contributed by atoms with van der Waals surface area (Å²) in [6.07, 6.45) is -4.40. The molecule has 30 heavy (non-hydrogen) atoms. The number of carbonyl (C=O) groups excluding carboxylic acids is 1. The number of alkyl halides is 3. The quantitative estimate of drug-likeness (QED) is 0.718. The summed E-state index contributed by atoms with van der Waals surface area (Å²) in [6.45, 7) is 0.100. The number of sulfonamides is 1. The van der Waals surface area contributed by atoms with E-state index in [9.17, 15) is 30.8 Å². The van der Waals surface area contributed by atoms with E-state index in [1.54, 1.807) is 12.1 Å². The third-order valence-electron chi connectivity index (χ3n) is 5.02. The Bertz CT molecular complexity index is 999. The minimum atomic E-state index is -4.79. The standard InChI is InChI=1S/C20H20F4N2O3S/c21-16-7-5-14(6-8-16)13-25-19(27)15-9-11-26(12-10-15)30(28,29)18-4-2-1-3-17(18)20(22,23)24/h1-8,15H,9-13H2,(H,25,27). The maximum atomic E-state index is 13.2. The van der Waals surface area contributed by atoms with Crippen molar-refractivity contribution in [2.45, 2.75) is 30.5 Å². The van der Waals surface area contributed by atoms with Crippen LogP contribution < -0.4 is 5.32 Å². The number of carbonyl (C=O) groups is 1. The highest BCUT2D eigenvalue weighted by Crippen LogP contribution is 2.36. The molecule has 0 atom stereocenters. The number of amides is 1. The first-order valence-corrected chi connectivity index (χ1v) is 10.7. The van der Waals surface area contributed by atoms with Crippen LogP contribution in [0.1, 0.15) is 24.0 Å². The van der Waals surface area contributed by atoms with E-state index >= 15 is 0 Å². The molecule has 1 amide bonds. The summed E-state index contributed by atoms with van der Waals surface area (Å²) < 4.78 is 79.0. The van der Waals surface area contributed by atoms with Crippen molar-refractivity contribution in [2.24, 2.45) is 5.92 Å². The van der Waals surface area contributed by atoms with E-state index in [1.807, 2.05) is 0 Å². The third-order valence-corrected chi connectivity index (χ3v) is 6.97. The summed E-state index contributed by atoms with van der Waals surface area (Å²) in [4.78, 5) is 11.6. The molecule has 1 aliphatic rings. The lowest BCUT2D eigenvalue weighted by Crippen LogP contribution is -2.43. The van der Waals surface area contributed by atoms with Gasteiger partial charge < -0.3 is 5.32 Å². The lowest BCUT2D eigenvalue weighted by molar-refractivity contribution is -0.139. The Balaban J connectivity index is 1.62. The first-order chi connectivity index (χ1) is 14.1. The van der Waals surface area contributed by atoms with Crippen LogP contribution in [0.3, 0.4) is 0 Å². The Morgan fingerprint density at radius 1 is 1.03 bits per heavy atom. The number of nitrogens with zero attached hydrogens (tertiary/aromatic N) is 1. The van der Waals surface area contributed by atoms with Crippen LogP contribution in [0.5, 0.6) is 0 Å². The zero-order valence-electron chi connectivity index (χ0n) is 15.8. The molecule has 0 bridgehead atoms. The van der Waals surface area contributed by atoms with Gasteiger partial charge in [0.25, 0.3) is 0 Å². The van der Waals surface area contributed by atoms with Gasteiger partial charge in [-0.2, -0.15) is 17.5 Å². The van der Waals surface area contributed by atoms with Gasteiger partial charge in [-0.15, -0.1) is 0 Å². The van der Waals surface area contributed by atoms with E-state index in [0.29, 0.717) is 5.56 Å². The van der Waals surface area contributed by atoms with Crippen LogP contribution in [0.25, 0.3) is 0 Å². The number of hydrogen-bond donors (Lipinski definition) is 1. The molecule has 162 valence electrons. The maximum Gasteiger partial charge on any atom is 0.417 e. The average molecular weight is 444 g/mol. The van der Waals surface area contributed by atoms with Crippen molar-refractivity contribution in [3.05, 3.63) is 65.5 Å². The summed E-state index contributed by atoms with van der Waals surface area (Å²) in [6, 6.07) is 9.72. The first kappa shape index (κ1) is 22.2. The Kier molecular flexibility index (Phi) is 6.47. The molecule has 1 saturated heterocycles. The second kappa shape index (κ2) is 8.73. The predicted molar refractivity (Wildman–Crippen MR) is 101 cm³/mol. The summed E-state index contributed by atoms with van der Waals surface area (Å²) in [7, 11) is -4.34. The highest BCUT2D eigenvalue weighted by Gasteiger charge is 2.40. The van der Waals surface area contributed by atoms with Crippen LogP contribution in [-0.4, -0.2) is 31.7 Å². The predicted octanol–water partition coefficient (Wildman–Crippen LogP) is 3.56. The number of hydrogen-bond acceptors (Lipinski definition) is 3. The fourth-order valence-electron chi connectivity index (χ4n) is 3.36. The molecule has 10 heteroatoms. The molecule has 1 fully saturated rings. The van der Waals surface area contributed by atoms with E-state index in [0.717, 1.165) is 22.5 Å². The molecule has 1 N–H and O–H groups in total. The minimum absolute atomic E-state index is 0.0524. The van der Waals surface area contributed by atoms with Gasteiger partial charge in [0.2, 0.25) is 15.9 Å². The van der Waals surface area contributed by atoms with Crippen LogP contribution >= 0.6 is 0 Å². The topological polar surface area (TPSA) is 66.5 Å². The average Bonchev–Trinajstić information content (AvgIpc) is 2.72. The molecule has 0 aliphatic carbocycles. The lowest BCUT2D eigenvalue weighted by atomic mass is 9.97. The molecule has 0 spiro atoms. The molecule has 0 radical (unpaired) electrons. The second-order valence-corrected chi connectivity index (χ2v) is 8.92. The number of nitrogens with one attached hydrogen (secondary N) is 1. The fraction of sp³-hybridized carbons (Fsp3) is 0.350. The first-order valence-electron chi connectivity index (χ1n) is 9.27. The molecule has 0 unspecified atom stereocenters. The largest absolute Gasteiger partial charge is 0.417 e. The Morgan fingerprint density at radius 2 is 1.63 bits per heavy atom.